The molecule has 0 spiro atoms. The van der Waals surface area contributed by atoms with Crippen LogP contribution in [0, 0.1) is 0 Å². The van der Waals surface area contributed by atoms with Gasteiger partial charge in [0.2, 0.25) is 5.82 Å². The van der Waals surface area contributed by atoms with Crippen LogP contribution in [0.1, 0.15) is 39.5 Å². The third kappa shape index (κ3) is 3.59. The molecule has 0 amide bonds. The van der Waals surface area contributed by atoms with Crippen molar-refractivity contribution in [3.05, 3.63) is 0 Å². The van der Waals surface area contributed by atoms with Crippen LogP contribution in [-0.2, 0) is 9.53 Å². The number of carbonyl (C=O) groups is 1. The van der Waals surface area contributed by atoms with Crippen molar-refractivity contribution < 1.29 is 14.3 Å². The maximum atomic E-state index is 11.8. The lowest BCUT2D eigenvalue weighted by Gasteiger charge is -2.27. The summed E-state index contributed by atoms with van der Waals surface area (Å²) in [6.07, 6.45) is 3.51. The van der Waals surface area contributed by atoms with Crippen molar-refractivity contribution in [1.82, 2.24) is 8.75 Å². The smallest absolute Gasteiger partial charge is 0.347 e. The first-order valence-corrected chi connectivity index (χ1v) is 7.90. The fourth-order valence-electron chi connectivity index (χ4n) is 2.22. The molecule has 2 heterocycles. The average Bonchev–Trinajstić information content (AvgIpc) is 2.94. The molecular weight excluding hydrogens is 278 g/mol. The van der Waals surface area contributed by atoms with Crippen molar-refractivity contribution >= 4 is 23.5 Å². The van der Waals surface area contributed by atoms with Gasteiger partial charge in [0.05, 0.1) is 18.3 Å². The topological polar surface area (TPSA) is 64.5 Å². The minimum Gasteiger partial charge on any atom is -0.463 e. The molecule has 0 saturated carbocycles. The van der Waals surface area contributed by atoms with E-state index in [1.165, 1.54) is 6.42 Å². The molecule has 1 aliphatic heterocycles. The normalized spacial score (nSPS) is 16.8. The van der Waals surface area contributed by atoms with Crippen LogP contribution < -0.4 is 9.64 Å². The van der Waals surface area contributed by atoms with Gasteiger partial charge in [0.1, 0.15) is 0 Å². The first-order valence-electron chi connectivity index (χ1n) is 7.17. The monoisotopic (exact) mass is 299 g/mol. The molecule has 1 atom stereocenters. The van der Waals surface area contributed by atoms with Crippen molar-refractivity contribution in [2.45, 2.75) is 45.6 Å². The molecule has 1 aromatic rings. The van der Waals surface area contributed by atoms with E-state index in [9.17, 15) is 4.79 Å². The largest absolute Gasteiger partial charge is 0.463 e. The molecule has 0 N–H and O–H groups in total. The van der Waals surface area contributed by atoms with Gasteiger partial charge in [-0.2, -0.15) is 4.37 Å². The fraction of sp³-hybridized carbons (Fsp3) is 0.769. The zero-order valence-corrected chi connectivity index (χ0v) is 12.8. The number of anilines is 1. The molecule has 1 unspecified atom stereocenters. The molecule has 0 aliphatic carbocycles. The fourth-order valence-corrected chi connectivity index (χ4v) is 2.73. The summed E-state index contributed by atoms with van der Waals surface area (Å²) in [6.45, 7) is 5.97. The molecule has 0 aromatic carbocycles. The Morgan fingerprint density at radius 3 is 2.70 bits per heavy atom. The minimum atomic E-state index is -0.609. The molecule has 0 bridgehead atoms. The molecule has 1 fully saturated rings. The van der Waals surface area contributed by atoms with Gasteiger partial charge in [-0.25, -0.2) is 4.79 Å². The van der Waals surface area contributed by atoms with Crippen LogP contribution in [0.2, 0.25) is 0 Å². The highest BCUT2D eigenvalue weighted by Gasteiger charge is 2.25. The quantitative estimate of drug-likeness (QED) is 0.751. The minimum absolute atomic E-state index is 0.340. The van der Waals surface area contributed by atoms with Crippen molar-refractivity contribution in [3.8, 4) is 5.88 Å². The maximum Gasteiger partial charge on any atom is 0.347 e. The summed E-state index contributed by atoms with van der Waals surface area (Å²) in [4.78, 5) is 14.0. The Morgan fingerprint density at radius 1 is 1.30 bits per heavy atom. The molecule has 112 valence electrons. The average molecular weight is 299 g/mol. The number of hydrogen-bond donors (Lipinski definition) is 0. The second-order valence-corrected chi connectivity index (χ2v) is 5.24. The molecule has 7 heteroatoms. The summed E-state index contributed by atoms with van der Waals surface area (Å²) < 4.78 is 19.2. The summed E-state index contributed by atoms with van der Waals surface area (Å²) in [5.41, 5.74) is 0. The second kappa shape index (κ2) is 7.42. The van der Waals surface area contributed by atoms with Crippen LogP contribution in [-0.4, -0.2) is 40.5 Å². The lowest BCUT2D eigenvalue weighted by Crippen LogP contribution is -2.32. The number of carbonyl (C=O) groups excluding carboxylic acids is 1. The Bertz CT molecular complexity index is 432. The molecule has 1 aliphatic rings. The van der Waals surface area contributed by atoms with E-state index in [-0.39, 0.29) is 5.97 Å². The van der Waals surface area contributed by atoms with E-state index in [0.717, 1.165) is 43.5 Å². The van der Waals surface area contributed by atoms with Gasteiger partial charge in [-0.1, -0.05) is 6.92 Å². The van der Waals surface area contributed by atoms with Crippen molar-refractivity contribution in [1.29, 1.82) is 0 Å². The zero-order chi connectivity index (χ0) is 14.4. The van der Waals surface area contributed by atoms with Crippen LogP contribution in [0.3, 0.4) is 0 Å². The van der Waals surface area contributed by atoms with E-state index in [4.69, 9.17) is 9.47 Å². The van der Waals surface area contributed by atoms with Crippen LogP contribution in [0.15, 0.2) is 0 Å². The van der Waals surface area contributed by atoms with Gasteiger partial charge in [0.25, 0.3) is 5.88 Å². The molecule has 6 nitrogen and oxygen atoms in total. The number of rotatable bonds is 6. The molecule has 1 saturated heterocycles. The van der Waals surface area contributed by atoms with E-state index in [1.807, 2.05) is 6.92 Å². The SMILES string of the molecule is CCOC(=O)C(CC)Oc1nsnc1N1CCCCC1. The maximum absolute atomic E-state index is 11.8. The van der Waals surface area contributed by atoms with E-state index >= 15 is 0 Å². The standard InChI is InChI=1S/C13H21N3O3S/c1-3-10(13(17)18-4-2)19-12-11(14-20-15-12)16-8-6-5-7-9-16/h10H,3-9H2,1-2H3. The van der Waals surface area contributed by atoms with E-state index < -0.39 is 6.10 Å². The van der Waals surface area contributed by atoms with Gasteiger partial charge >= 0.3 is 5.97 Å². The molecule has 1 aromatic heterocycles. The zero-order valence-electron chi connectivity index (χ0n) is 12.0. The Kier molecular flexibility index (Phi) is 5.58. The summed E-state index contributed by atoms with van der Waals surface area (Å²) in [6, 6.07) is 0. The van der Waals surface area contributed by atoms with Crippen LogP contribution in [0.25, 0.3) is 0 Å². The van der Waals surface area contributed by atoms with Crippen molar-refractivity contribution in [2.24, 2.45) is 0 Å². The van der Waals surface area contributed by atoms with Crippen LogP contribution in [0.4, 0.5) is 5.82 Å². The Balaban J connectivity index is 2.05. The number of esters is 1. The molecular formula is C13H21N3O3S. The summed E-state index contributed by atoms with van der Waals surface area (Å²) in [7, 11) is 0. The number of ether oxygens (including phenoxy) is 2. The predicted octanol–water partition coefficient (Wildman–Crippen LogP) is 2.25. The van der Waals surface area contributed by atoms with E-state index in [2.05, 4.69) is 13.6 Å². The predicted molar refractivity (Wildman–Crippen MR) is 77.3 cm³/mol. The van der Waals surface area contributed by atoms with Gasteiger partial charge in [0.15, 0.2) is 6.10 Å². The number of nitrogens with zero attached hydrogens (tertiary/aromatic N) is 3. The lowest BCUT2D eigenvalue weighted by molar-refractivity contribution is -0.151. The molecule has 20 heavy (non-hydrogen) atoms. The number of aromatic nitrogens is 2. The van der Waals surface area contributed by atoms with Gasteiger partial charge in [-0.15, -0.1) is 4.37 Å². The highest BCUT2D eigenvalue weighted by atomic mass is 32.1. The van der Waals surface area contributed by atoms with Gasteiger partial charge in [-0.3, -0.25) is 0 Å². The first kappa shape index (κ1) is 15.0. The van der Waals surface area contributed by atoms with Gasteiger partial charge < -0.3 is 14.4 Å². The molecule has 2 rings (SSSR count). The third-order valence-corrected chi connectivity index (χ3v) is 3.77. The van der Waals surface area contributed by atoms with Crippen molar-refractivity contribution in [2.75, 3.05) is 24.6 Å². The lowest BCUT2D eigenvalue weighted by atomic mass is 10.1. The summed E-state index contributed by atoms with van der Waals surface area (Å²) >= 11 is 1.12. The van der Waals surface area contributed by atoms with Crippen molar-refractivity contribution in [3.63, 3.8) is 0 Å². The van der Waals surface area contributed by atoms with E-state index in [0.29, 0.717) is 18.9 Å². The van der Waals surface area contributed by atoms with E-state index in [1.54, 1.807) is 6.92 Å². The third-order valence-electron chi connectivity index (χ3n) is 3.27. The Hall–Kier alpha value is -1.37. The number of hydrogen-bond acceptors (Lipinski definition) is 7. The number of piperidine rings is 1. The van der Waals surface area contributed by atoms with Crippen LogP contribution in [0.5, 0.6) is 5.88 Å². The first-order chi connectivity index (χ1) is 9.76. The Labute approximate surface area is 123 Å². The highest BCUT2D eigenvalue weighted by molar-refractivity contribution is 6.99. The second-order valence-electron chi connectivity index (χ2n) is 4.71. The molecule has 0 radical (unpaired) electrons. The highest BCUT2D eigenvalue weighted by Crippen LogP contribution is 2.29. The Morgan fingerprint density at radius 2 is 2.05 bits per heavy atom. The van der Waals surface area contributed by atoms with Gasteiger partial charge in [-0.05, 0) is 32.6 Å². The summed E-state index contributed by atoms with van der Waals surface area (Å²) in [5, 5.41) is 0. The summed E-state index contributed by atoms with van der Waals surface area (Å²) in [5.74, 6) is 0.877. The van der Waals surface area contributed by atoms with Gasteiger partial charge in [0, 0.05) is 13.1 Å². The van der Waals surface area contributed by atoms with Crippen LogP contribution >= 0.6 is 11.7 Å².